The number of amides is 1. The molecular weight excluding hydrogens is 338 g/mol. The van der Waals surface area contributed by atoms with Gasteiger partial charge in [0.25, 0.3) is 5.91 Å². The molecule has 3 aromatic rings. The van der Waals surface area contributed by atoms with Gasteiger partial charge in [-0.3, -0.25) is 9.89 Å². The van der Waals surface area contributed by atoms with Crippen LogP contribution in [-0.2, 0) is 6.54 Å². The number of nitrogens with one attached hydrogen (secondary N) is 1. The number of hydrogen-bond acceptors (Lipinski definition) is 4. The van der Waals surface area contributed by atoms with Gasteiger partial charge in [0.2, 0.25) is 0 Å². The lowest BCUT2D eigenvalue weighted by atomic mass is 10.3. The Morgan fingerprint density at radius 3 is 2.91 bits per heavy atom. The maximum atomic E-state index is 12.6. The lowest BCUT2D eigenvalue weighted by Crippen LogP contribution is -2.30. The topological polar surface area (TPSA) is 49.0 Å². The third kappa shape index (κ3) is 3.24. The van der Waals surface area contributed by atoms with Gasteiger partial charge in [0, 0.05) is 11.4 Å². The van der Waals surface area contributed by atoms with Crippen molar-refractivity contribution >= 4 is 40.2 Å². The van der Waals surface area contributed by atoms with E-state index in [0.717, 1.165) is 19.8 Å². The van der Waals surface area contributed by atoms with E-state index in [-0.39, 0.29) is 5.91 Å². The number of thiophene rings is 2. The van der Waals surface area contributed by atoms with Crippen LogP contribution in [-0.4, -0.2) is 27.5 Å². The molecule has 0 saturated heterocycles. The minimum absolute atomic E-state index is 0.0777. The molecule has 0 fully saturated rings. The number of hydrogen-bond donors (Lipinski definition) is 1. The molecule has 22 heavy (non-hydrogen) atoms. The average Bonchev–Trinajstić information content (AvgIpc) is 3.24. The summed E-state index contributed by atoms with van der Waals surface area (Å²) in [5, 5.41) is 9.08. The molecule has 0 bridgehead atoms. The van der Waals surface area contributed by atoms with Gasteiger partial charge in [0.1, 0.15) is 0 Å². The van der Waals surface area contributed by atoms with Crippen LogP contribution >= 0.6 is 34.3 Å². The normalized spacial score (nSPS) is 10.8. The van der Waals surface area contributed by atoms with Crippen molar-refractivity contribution in [2.24, 2.45) is 0 Å². The zero-order chi connectivity index (χ0) is 15.5. The molecule has 0 aliphatic rings. The van der Waals surface area contributed by atoms with Gasteiger partial charge < -0.3 is 4.90 Å². The molecule has 3 rings (SSSR count). The minimum Gasteiger partial charge on any atom is -0.332 e. The number of halogens is 1. The first kappa shape index (κ1) is 15.3. The summed E-state index contributed by atoms with van der Waals surface area (Å²) >= 11 is 9.05. The summed E-state index contributed by atoms with van der Waals surface area (Å²) in [6, 6.07) is 9.57. The monoisotopic (exact) mass is 351 g/mol. The fourth-order valence-corrected chi connectivity index (χ4v) is 3.90. The van der Waals surface area contributed by atoms with Gasteiger partial charge in [-0.1, -0.05) is 17.7 Å². The second-order valence-corrected chi connectivity index (χ2v) is 7.42. The maximum Gasteiger partial charge on any atom is 0.274 e. The highest BCUT2D eigenvalue weighted by Crippen LogP contribution is 2.25. The molecule has 0 saturated carbocycles. The van der Waals surface area contributed by atoms with Crippen LogP contribution < -0.4 is 0 Å². The van der Waals surface area contributed by atoms with E-state index in [1.807, 2.05) is 36.6 Å². The summed E-state index contributed by atoms with van der Waals surface area (Å²) in [6.45, 7) is 3.13. The average molecular weight is 352 g/mol. The van der Waals surface area contributed by atoms with Gasteiger partial charge in [0.05, 0.1) is 21.5 Å². The number of H-pyrrole nitrogens is 1. The highest BCUT2D eigenvalue weighted by atomic mass is 35.5. The fourth-order valence-electron chi connectivity index (χ4n) is 2.10. The van der Waals surface area contributed by atoms with Crippen LogP contribution in [0.4, 0.5) is 0 Å². The van der Waals surface area contributed by atoms with Gasteiger partial charge in [-0.2, -0.15) is 5.10 Å². The van der Waals surface area contributed by atoms with Gasteiger partial charge in [-0.25, -0.2) is 0 Å². The van der Waals surface area contributed by atoms with Crippen LogP contribution in [0.1, 0.15) is 22.3 Å². The van der Waals surface area contributed by atoms with Crippen molar-refractivity contribution in [1.82, 2.24) is 15.1 Å². The lowest BCUT2D eigenvalue weighted by Gasteiger charge is -2.18. The first-order chi connectivity index (χ1) is 10.7. The van der Waals surface area contributed by atoms with E-state index in [0.29, 0.717) is 18.8 Å². The lowest BCUT2D eigenvalue weighted by molar-refractivity contribution is 0.0748. The highest BCUT2D eigenvalue weighted by Gasteiger charge is 2.19. The van der Waals surface area contributed by atoms with E-state index in [2.05, 4.69) is 10.2 Å². The number of carbonyl (C=O) groups is 1. The summed E-state index contributed by atoms with van der Waals surface area (Å²) in [5.41, 5.74) is 1.31. The second kappa shape index (κ2) is 6.64. The maximum absolute atomic E-state index is 12.6. The standard InChI is InChI=1S/C15H14ClN3OS2/c1-2-19(9-10-5-6-14(16)22-10)15(20)12-8-11(17-18-12)13-4-3-7-21-13/h3-8H,2,9H2,1H3,(H,17,18). The Morgan fingerprint density at radius 1 is 1.41 bits per heavy atom. The van der Waals surface area contributed by atoms with Gasteiger partial charge in [-0.15, -0.1) is 22.7 Å². The molecular formula is C15H14ClN3OS2. The molecule has 0 radical (unpaired) electrons. The van der Waals surface area contributed by atoms with Crippen molar-refractivity contribution in [2.45, 2.75) is 13.5 Å². The summed E-state index contributed by atoms with van der Waals surface area (Å²) in [5.74, 6) is -0.0777. The number of aromatic amines is 1. The summed E-state index contributed by atoms with van der Waals surface area (Å²) in [4.78, 5) is 16.5. The predicted molar refractivity (Wildman–Crippen MR) is 91.6 cm³/mol. The highest BCUT2D eigenvalue weighted by molar-refractivity contribution is 7.16. The molecule has 0 unspecified atom stereocenters. The Kier molecular flexibility index (Phi) is 4.61. The van der Waals surface area contributed by atoms with Crippen molar-refractivity contribution in [3.8, 4) is 10.6 Å². The van der Waals surface area contributed by atoms with Gasteiger partial charge in [0.15, 0.2) is 5.69 Å². The molecule has 7 heteroatoms. The molecule has 0 aliphatic carbocycles. The van der Waals surface area contributed by atoms with Crippen molar-refractivity contribution in [1.29, 1.82) is 0 Å². The van der Waals surface area contributed by atoms with Gasteiger partial charge >= 0.3 is 0 Å². The minimum atomic E-state index is -0.0777. The summed E-state index contributed by atoms with van der Waals surface area (Å²) in [7, 11) is 0. The Bertz CT molecular complexity index is 763. The molecule has 3 aromatic heterocycles. The SMILES string of the molecule is CCN(Cc1ccc(Cl)s1)C(=O)c1cc(-c2cccs2)[nH]n1. The third-order valence-corrected chi connectivity index (χ3v) is 5.35. The van der Waals surface area contributed by atoms with Crippen LogP contribution in [0.25, 0.3) is 10.6 Å². The predicted octanol–water partition coefficient (Wildman–Crippen LogP) is 4.52. The fraction of sp³-hybridized carbons (Fsp3) is 0.200. The van der Waals surface area contributed by atoms with Crippen molar-refractivity contribution < 1.29 is 4.79 Å². The third-order valence-electron chi connectivity index (χ3n) is 3.23. The first-order valence-electron chi connectivity index (χ1n) is 6.80. The quantitative estimate of drug-likeness (QED) is 0.734. The zero-order valence-electron chi connectivity index (χ0n) is 11.9. The molecule has 1 amide bonds. The van der Waals surface area contributed by atoms with E-state index < -0.39 is 0 Å². The van der Waals surface area contributed by atoms with E-state index in [1.54, 1.807) is 22.3 Å². The number of aromatic nitrogens is 2. The van der Waals surface area contributed by atoms with Crippen molar-refractivity contribution in [2.75, 3.05) is 6.54 Å². The molecule has 0 spiro atoms. The molecule has 0 atom stereocenters. The number of carbonyl (C=O) groups excluding carboxylic acids is 1. The summed E-state index contributed by atoms with van der Waals surface area (Å²) in [6.07, 6.45) is 0. The largest absolute Gasteiger partial charge is 0.332 e. The van der Waals surface area contributed by atoms with Crippen molar-refractivity contribution in [3.05, 3.63) is 50.6 Å². The van der Waals surface area contributed by atoms with Crippen LogP contribution in [0.5, 0.6) is 0 Å². The first-order valence-corrected chi connectivity index (χ1v) is 8.87. The van der Waals surface area contributed by atoms with E-state index >= 15 is 0 Å². The molecule has 114 valence electrons. The van der Waals surface area contributed by atoms with Crippen molar-refractivity contribution in [3.63, 3.8) is 0 Å². The molecule has 0 aromatic carbocycles. The molecule has 4 nitrogen and oxygen atoms in total. The van der Waals surface area contributed by atoms with Crippen LogP contribution in [0.3, 0.4) is 0 Å². The van der Waals surface area contributed by atoms with Crippen LogP contribution in [0.2, 0.25) is 4.34 Å². The molecule has 3 heterocycles. The smallest absolute Gasteiger partial charge is 0.274 e. The van der Waals surface area contributed by atoms with E-state index in [9.17, 15) is 4.79 Å². The van der Waals surface area contributed by atoms with Crippen LogP contribution in [0, 0.1) is 0 Å². The zero-order valence-corrected chi connectivity index (χ0v) is 14.3. The number of rotatable bonds is 5. The Hall–Kier alpha value is -1.63. The Morgan fingerprint density at radius 2 is 2.27 bits per heavy atom. The Balaban J connectivity index is 1.76. The van der Waals surface area contributed by atoms with Crippen LogP contribution in [0.15, 0.2) is 35.7 Å². The Labute approximate surface area is 141 Å². The summed E-state index contributed by atoms with van der Waals surface area (Å²) < 4.78 is 0.734. The number of nitrogens with zero attached hydrogens (tertiary/aromatic N) is 2. The molecule has 0 aliphatic heterocycles. The second-order valence-electron chi connectivity index (χ2n) is 4.67. The van der Waals surface area contributed by atoms with E-state index in [1.165, 1.54) is 11.3 Å². The molecule has 1 N–H and O–H groups in total. The van der Waals surface area contributed by atoms with Gasteiger partial charge in [-0.05, 0) is 36.6 Å². The van der Waals surface area contributed by atoms with E-state index in [4.69, 9.17) is 11.6 Å².